The third-order valence-electron chi connectivity index (χ3n) is 6.49. The van der Waals surface area contributed by atoms with E-state index < -0.39 is 10.0 Å². The summed E-state index contributed by atoms with van der Waals surface area (Å²) in [7, 11) is -2.04. The molecule has 1 aliphatic carbocycles. The fourth-order valence-electron chi connectivity index (χ4n) is 4.38. The molecule has 0 unspecified atom stereocenters. The fraction of sp³-hybridized carbons (Fsp3) is 0.435. The summed E-state index contributed by atoms with van der Waals surface area (Å²) in [4.78, 5) is 13.3. The number of benzene rings is 2. The van der Waals surface area contributed by atoms with E-state index in [1.54, 1.807) is 31.4 Å². The topological polar surface area (TPSA) is 75.7 Å². The van der Waals surface area contributed by atoms with E-state index in [9.17, 15) is 13.2 Å². The van der Waals surface area contributed by atoms with E-state index >= 15 is 0 Å². The minimum Gasteiger partial charge on any atom is -0.497 e. The molecule has 4 rings (SSSR count). The van der Waals surface area contributed by atoms with Crippen LogP contribution in [-0.2, 0) is 20.4 Å². The minimum atomic E-state index is -3.58. The first kappa shape index (κ1) is 22.1. The first-order valence-corrected chi connectivity index (χ1v) is 12.4. The molecule has 1 aliphatic heterocycles. The molecular formula is C23H27ClN2O4S. The number of halogens is 1. The van der Waals surface area contributed by atoms with E-state index in [1.165, 1.54) is 4.31 Å². The molecule has 1 saturated heterocycles. The average molecular weight is 463 g/mol. The number of piperidine rings is 1. The maximum Gasteiger partial charge on any atom is 0.243 e. The van der Waals surface area contributed by atoms with E-state index in [-0.39, 0.29) is 22.3 Å². The van der Waals surface area contributed by atoms with Gasteiger partial charge in [0.25, 0.3) is 0 Å². The molecule has 2 aromatic rings. The first-order valence-electron chi connectivity index (χ1n) is 10.6. The van der Waals surface area contributed by atoms with Crippen molar-refractivity contribution in [3.63, 3.8) is 0 Å². The number of sulfonamides is 1. The third kappa shape index (κ3) is 4.45. The monoisotopic (exact) mass is 462 g/mol. The van der Waals surface area contributed by atoms with Gasteiger partial charge in [-0.15, -0.1) is 0 Å². The predicted octanol–water partition coefficient (Wildman–Crippen LogP) is 3.94. The number of carbonyl (C=O) groups is 1. The molecule has 1 saturated carbocycles. The third-order valence-corrected chi connectivity index (χ3v) is 8.65. The van der Waals surface area contributed by atoms with E-state index in [0.717, 1.165) is 24.8 Å². The number of ether oxygens (including phenoxy) is 1. The molecule has 166 valence electrons. The lowest BCUT2D eigenvalue weighted by molar-refractivity contribution is -0.129. The molecule has 2 fully saturated rings. The van der Waals surface area contributed by atoms with Crippen LogP contribution in [0.25, 0.3) is 0 Å². The van der Waals surface area contributed by atoms with Crippen LogP contribution in [0, 0.1) is 5.92 Å². The van der Waals surface area contributed by atoms with Gasteiger partial charge in [0, 0.05) is 24.0 Å². The van der Waals surface area contributed by atoms with Gasteiger partial charge in [-0.2, -0.15) is 4.31 Å². The Labute approximate surface area is 188 Å². The Bertz CT molecular complexity index is 1030. The highest BCUT2D eigenvalue weighted by molar-refractivity contribution is 7.89. The summed E-state index contributed by atoms with van der Waals surface area (Å²) in [5.41, 5.74) is 0.754. The van der Waals surface area contributed by atoms with Gasteiger partial charge in [0.15, 0.2) is 0 Å². The quantitative estimate of drug-likeness (QED) is 0.705. The van der Waals surface area contributed by atoms with Crippen molar-refractivity contribution in [2.75, 3.05) is 20.2 Å². The van der Waals surface area contributed by atoms with Crippen molar-refractivity contribution in [2.45, 2.75) is 42.5 Å². The zero-order valence-electron chi connectivity index (χ0n) is 17.5. The average Bonchev–Trinajstić information content (AvgIpc) is 2.77. The van der Waals surface area contributed by atoms with Crippen LogP contribution < -0.4 is 10.1 Å². The Morgan fingerprint density at radius 2 is 1.68 bits per heavy atom. The standard InChI is InChI=1S/C23H27ClN2O4S/c1-30-20-7-9-21(10-8-20)31(28,29)26-15-11-17(12-16-26)22(27)25-23(13-2-14-23)18-3-5-19(24)6-4-18/h3-10,17H,2,11-16H2,1H3,(H,25,27). The number of rotatable bonds is 6. The molecule has 2 aliphatic rings. The molecule has 1 amide bonds. The molecule has 0 radical (unpaired) electrons. The van der Waals surface area contributed by atoms with Gasteiger partial charge in [-0.1, -0.05) is 23.7 Å². The van der Waals surface area contributed by atoms with Gasteiger partial charge in [-0.25, -0.2) is 8.42 Å². The lowest BCUT2D eigenvalue weighted by Crippen LogP contribution is -2.53. The van der Waals surface area contributed by atoms with Crippen molar-refractivity contribution in [1.29, 1.82) is 0 Å². The van der Waals surface area contributed by atoms with Crippen molar-refractivity contribution >= 4 is 27.5 Å². The highest BCUT2D eigenvalue weighted by atomic mass is 35.5. The molecule has 6 nitrogen and oxygen atoms in total. The summed E-state index contributed by atoms with van der Waals surface area (Å²) in [5, 5.41) is 3.95. The van der Waals surface area contributed by atoms with E-state index in [1.807, 2.05) is 24.3 Å². The van der Waals surface area contributed by atoms with Gasteiger partial charge in [-0.3, -0.25) is 4.79 Å². The van der Waals surface area contributed by atoms with Crippen molar-refractivity contribution in [3.8, 4) is 5.75 Å². The second-order valence-electron chi connectivity index (χ2n) is 8.29. The second kappa shape index (κ2) is 8.81. The maximum absolute atomic E-state index is 13.0. The number of hydrogen-bond acceptors (Lipinski definition) is 4. The summed E-state index contributed by atoms with van der Waals surface area (Å²) in [6, 6.07) is 14.1. The van der Waals surface area contributed by atoms with Gasteiger partial charge in [0.05, 0.1) is 17.5 Å². The zero-order chi connectivity index (χ0) is 22.1. The van der Waals surface area contributed by atoms with Crippen molar-refractivity contribution < 1.29 is 17.9 Å². The second-order valence-corrected chi connectivity index (χ2v) is 10.7. The Morgan fingerprint density at radius 1 is 1.06 bits per heavy atom. The number of nitrogens with one attached hydrogen (secondary N) is 1. The number of nitrogens with zero attached hydrogens (tertiary/aromatic N) is 1. The molecular weight excluding hydrogens is 436 g/mol. The van der Waals surface area contributed by atoms with Crippen LogP contribution >= 0.6 is 11.6 Å². The van der Waals surface area contributed by atoms with Gasteiger partial charge in [-0.05, 0) is 74.1 Å². The van der Waals surface area contributed by atoms with E-state index in [0.29, 0.717) is 36.7 Å². The van der Waals surface area contributed by atoms with Crippen molar-refractivity contribution in [1.82, 2.24) is 9.62 Å². The van der Waals surface area contributed by atoms with Crippen LogP contribution in [0.1, 0.15) is 37.7 Å². The Morgan fingerprint density at radius 3 is 2.19 bits per heavy atom. The normalized spacial score (nSPS) is 19.4. The molecule has 1 heterocycles. The van der Waals surface area contributed by atoms with Crippen LogP contribution in [0.2, 0.25) is 5.02 Å². The summed E-state index contributed by atoms with van der Waals surface area (Å²) in [6.45, 7) is 0.667. The van der Waals surface area contributed by atoms with Crippen molar-refractivity contribution in [3.05, 3.63) is 59.1 Å². The van der Waals surface area contributed by atoms with Crippen LogP contribution in [-0.4, -0.2) is 38.8 Å². The highest BCUT2D eigenvalue weighted by Gasteiger charge is 2.42. The smallest absolute Gasteiger partial charge is 0.243 e. The Kier molecular flexibility index (Phi) is 6.28. The largest absolute Gasteiger partial charge is 0.497 e. The van der Waals surface area contributed by atoms with Crippen molar-refractivity contribution in [2.24, 2.45) is 5.92 Å². The Hall–Kier alpha value is -2.09. The van der Waals surface area contributed by atoms with Gasteiger partial charge in [0.2, 0.25) is 15.9 Å². The summed E-state index contributed by atoms with van der Waals surface area (Å²) >= 11 is 6.01. The maximum atomic E-state index is 13.0. The van der Waals surface area contributed by atoms with Gasteiger partial charge < -0.3 is 10.1 Å². The molecule has 0 spiro atoms. The molecule has 1 N–H and O–H groups in total. The lowest BCUT2D eigenvalue weighted by atomic mass is 9.71. The summed E-state index contributed by atoms with van der Waals surface area (Å²) in [6.07, 6.45) is 3.91. The van der Waals surface area contributed by atoms with E-state index in [2.05, 4.69) is 5.32 Å². The summed E-state index contributed by atoms with van der Waals surface area (Å²) < 4.78 is 32.4. The molecule has 0 aromatic heterocycles. The zero-order valence-corrected chi connectivity index (χ0v) is 19.1. The highest BCUT2D eigenvalue weighted by Crippen LogP contribution is 2.42. The SMILES string of the molecule is COc1ccc(S(=O)(=O)N2CCC(C(=O)NC3(c4ccc(Cl)cc4)CCC3)CC2)cc1. The molecule has 2 aromatic carbocycles. The number of amides is 1. The molecule has 8 heteroatoms. The van der Waals surface area contributed by atoms with Crippen LogP contribution in [0.5, 0.6) is 5.75 Å². The van der Waals surface area contributed by atoms with E-state index in [4.69, 9.17) is 16.3 Å². The lowest BCUT2D eigenvalue weighted by Gasteiger charge is -2.44. The predicted molar refractivity (Wildman–Crippen MR) is 120 cm³/mol. The van der Waals surface area contributed by atoms with Crippen LogP contribution in [0.4, 0.5) is 0 Å². The minimum absolute atomic E-state index is 0.0103. The number of methoxy groups -OCH3 is 1. The van der Waals surface area contributed by atoms with Crippen LogP contribution in [0.3, 0.4) is 0 Å². The molecule has 0 atom stereocenters. The molecule has 31 heavy (non-hydrogen) atoms. The number of carbonyl (C=O) groups excluding carboxylic acids is 1. The Balaban J connectivity index is 1.39. The number of hydrogen-bond donors (Lipinski definition) is 1. The van der Waals surface area contributed by atoms with Gasteiger partial charge >= 0.3 is 0 Å². The molecule has 0 bridgehead atoms. The first-order chi connectivity index (χ1) is 14.8. The van der Waals surface area contributed by atoms with Gasteiger partial charge in [0.1, 0.15) is 5.75 Å². The van der Waals surface area contributed by atoms with Crippen LogP contribution in [0.15, 0.2) is 53.4 Å². The fourth-order valence-corrected chi connectivity index (χ4v) is 5.97. The summed E-state index contributed by atoms with van der Waals surface area (Å²) in [5.74, 6) is 0.433.